The largest absolute Gasteiger partial charge is 0.490 e. The molecule has 8 rings (SSSR count). The van der Waals surface area contributed by atoms with Gasteiger partial charge in [-0.15, -0.1) is 11.3 Å². The molecule has 1 fully saturated rings. The number of likely N-dealkylation sites (tertiary alicyclic amines) is 1. The first-order valence-corrected chi connectivity index (χ1v) is 18.0. The molecular formula is C37H35F2N9O4S. The van der Waals surface area contributed by atoms with Crippen molar-refractivity contribution >= 4 is 44.8 Å². The van der Waals surface area contributed by atoms with Gasteiger partial charge in [-0.3, -0.25) is 19.1 Å². The zero-order valence-electron chi connectivity index (χ0n) is 28.4. The molecule has 1 amide bonds. The molecule has 1 atom stereocenters. The molecular weight excluding hydrogens is 705 g/mol. The second kappa shape index (κ2) is 14.0. The third kappa shape index (κ3) is 6.71. The Morgan fingerprint density at radius 3 is 2.60 bits per heavy atom. The number of nitrogens with one attached hydrogen (secondary N) is 1. The van der Waals surface area contributed by atoms with Gasteiger partial charge in [0.1, 0.15) is 47.1 Å². The summed E-state index contributed by atoms with van der Waals surface area (Å²) in [4.78, 5) is 40.4. The highest BCUT2D eigenvalue weighted by Gasteiger charge is 2.37. The van der Waals surface area contributed by atoms with E-state index in [9.17, 15) is 23.5 Å². The summed E-state index contributed by atoms with van der Waals surface area (Å²) < 4.78 is 37.5. The number of aliphatic hydroxyl groups is 1. The number of benzene rings is 3. The van der Waals surface area contributed by atoms with Crippen LogP contribution in [0.2, 0.25) is 0 Å². The van der Waals surface area contributed by atoms with Gasteiger partial charge in [0, 0.05) is 48.4 Å². The van der Waals surface area contributed by atoms with Gasteiger partial charge < -0.3 is 25.8 Å². The average Bonchev–Trinajstić information content (AvgIpc) is 3.82. The van der Waals surface area contributed by atoms with Crippen LogP contribution >= 0.6 is 11.3 Å². The van der Waals surface area contributed by atoms with E-state index in [1.54, 1.807) is 11.4 Å². The number of nitrogens with zero attached hydrogens (tertiary/aromatic N) is 7. The third-order valence-corrected chi connectivity index (χ3v) is 10.6. The van der Waals surface area contributed by atoms with Crippen LogP contribution in [-0.4, -0.2) is 79.1 Å². The lowest BCUT2D eigenvalue weighted by Crippen LogP contribution is -2.50. The maximum atomic E-state index is 15.0. The maximum absolute atomic E-state index is 15.0. The third-order valence-electron chi connectivity index (χ3n) is 9.72. The lowest BCUT2D eigenvalue weighted by atomic mass is 9.91. The Morgan fingerprint density at radius 2 is 1.85 bits per heavy atom. The highest BCUT2D eigenvalue weighted by Crippen LogP contribution is 2.39. The van der Waals surface area contributed by atoms with Crippen LogP contribution < -0.4 is 26.2 Å². The summed E-state index contributed by atoms with van der Waals surface area (Å²) in [5, 5.41) is 20.7. The van der Waals surface area contributed by atoms with Crippen LogP contribution in [0.5, 0.6) is 5.75 Å². The van der Waals surface area contributed by atoms with E-state index in [1.165, 1.54) is 39.3 Å². The Hall–Kier alpha value is -5.71. The molecule has 2 aliphatic rings. The molecule has 53 heavy (non-hydrogen) atoms. The number of piperidine rings is 1. The Kier molecular flexibility index (Phi) is 9.10. The average molecular weight is 740 g/mol. The van der Waals surface area contributed by atoms with Gasteiger partial charge >= 0.3 is 0 Å². The number of hydrogen-bond donors (Lipinski definition) is 3. The quantitative estimate of drug-likeness (QED) is 0.196. The number of nitrogen functional groups attached to an aromatic ring is 1. The molecule has 0 radical (unpaired) electrons. The summed E-state index contributed by atoms with van der Waals surface area (Å²) in [7, 11) is 0. The van der Waals surface area contributed by atoms with Gasteiger partial charge in [0.05, 0.1) is 35.5 Å². The molecule has 2 aliphatic heterocycles. The zero-order valence-corrected chi connectivity index (χ0v) is 29.2. The van der Waals surface area contributed by atoms with Crippen molar-refractivity contribution in [3.63, 3.8) is 0 Å². The van der Waals surface area contributed by atoms with Crippen molar-refractivity contribution in [3.05, 3.63) is 118 Å². The van der Waals surface area contributed by atoms with E-state index < -0.39 is 22.8 Å². The van der Waals surface area contributed by atoms with Crippen LogP contribution in [0.1, 0.15) is 28.8 Å². The standard InChI is InChI=1S/C37H35F2N9O4S/c38-23-6-8-28(29(39)16-23)37(51,20-46-22-41-21-42-46)19-45-12-10-24(11-13-45)43-34(49)27-18-53-35-32(27)48(36(50)33(40)44-35)26-7-9-31-30(17-26)47(14-15-52-31)25-4-2-1-3-5-25/h1-9,16-18,21-22,24,51H,10-15,19-20H2,(H2,40,44)(H,43,49)/t37-/m1/s1. The fraction of sp³-hybridized carbons (Fsp3) is 0.270. The molecule has 5 heterocycles. The van der Waals surface area contributed by atoms with Gasteiger partial charge in [0.2, 0.25) is 0 Å². The summed E-state index contributed by atoms with van der Waals surface area (Å²) in [6.07, 6.45) is 3.82. The second-order valence-electron chi connectivity index (χ2n) is 13.2. The zero-order chi connectivity index (χ0) is 36.7. The number of carbonyl (C=O) groups is 1. The number of ether oxygens (including phenoxy) is 1. The van der Waals surface area contributed by atoms with Crippen LogP contribution in [0.3, 0.4) is 0 Å². The molecule has 4 N–H and O–H groups in total. The number of fused-ring (bicyclic) bond motifs is 2. The molecule has 3 aromatic heterocycles. The molecule has 0 saturated carbocycles. The summed E-state index contributed by atoms with van der Waals surface area (Å²) in [5.74, 6) is -1.48. The number of rotatable bonds is 9. The minimum absolute atomic E-state index is 0.0398. The van der Waals surface area contributed by atoms with Crippen molar-refractivity contribution in [2.45, 2.75) is 31.0 Å². The first kappa shape index (κ1) is 34.4. The van der Waals surface area contributed by atoms with Crippen molar-refractivity contribution in [2.24, 2.45) is 0 Å². The lowest BCUT2D eigenvalue weighted by molar-refractivity contribution is -0.0271. The lowest BCUT2D eigenvalue weighted by Gasteiger charge is -2.38. The Morgan fingerprint density at radius 1 is 1.04 bits per heavy atom. The number of β-amino-alcohol motifs (C(OH)–C–C–N with tert-alkyl or cyclic N) is 1. The highest BCUT2D eigenvalue weighted by molar-refractivity contribution is 7.17. The van der Waals surface area contributed by atoms with Gasteiger partial charge in [-0.05, 0) is 49.2 Å². The SMILES string of the molecule is Nc1nc2scc(C(=O)NC3CCN(C[C@@](O)(Cn4cncn4)c4ccc(F)cc4F)CC3)c2n(-c2ccc3c(c2)N(c2ccccc2)CCO3)c1=O. The summed E-state index contributed by atoms with van der Waals surface area (Å²) in [5.41, 5.74) is 6.70. The number of para-hydroxylation sites is 1. The number of aromatic nitrogens is 5. The normalized spacial score (nSPS) is 16.2. The predicted molar refractivity (Wildman–Crippen MR) is 196 cm³/mol. The Balaban J connectivity index is 1.02. The van der Waals surface area contributed by atoms with E-state index in [0.29, 0.717) is 66.4 Å². The molecule has 0 unspecified atom stereocenters. The summed E-state index contributed by atoms with van der Waals surface area (Å²) >= 11 is 1.22. The van der Waals surface area contributed by atoms with E-state index in [2.05, 4.69) is 25.3 Å². The molecule has 13 nitrogen and oxygen atoms in total. The van der Waals surface area contributed by atoms with E-state index >= 15 is 0 Å². The van der Waals surface area contributed by atoms with Crippen LogP contribution in [0, 0.1) is 11.6 Å². The minimum atomic E-state index is -1.74. The number of anilines is 3. The van der Waals surface area contributed by atoms with Crippen molar-refractivity contribution in [2.75, 3.05) is 43.4 Å². The van der Waals surface area contributed by atoms with Crippen LogP contribution in [0.15, 0.2) is 89.6 Å². The second-order valence-corrected chi connectivity index (χ2v) is 14.1. The van der Waals surface area contributed by atoms with E-state index in [-0.39, 0.29) is 36.4 Å². The number of hydrogen-bond acceptors (Lipinski definition) is 11. The molecule has 6 aromatic rings. The van der Waals surface area contributed by atoms with Crippen molar-refractivity contribution in [3.8, 4) is 11.4 Å². The molecule has 3 aromatic carbocycles. The summed E-state index contributed by atoms with van der Waals surface area (Å²) in [6, 6.07) is 18.2. The van der Waals surface area contributed by atoms with Crippen molar-refractivity contribution in [1.29, 1.82) is 0 Å². The minimum Gasteiger partial charge on any atom is -0.490 e. The van der Waals surface area contributed by atoms with E-state index in [0.717, 1.165) is 23.5 Å². The van der Waals surface area contributed by atoms with Gasteiger partial charge in [-0.2, -0.15) is 5.10 Å². The topological polar surface area (TPSA) is 157 Å². The Bertz CT molecular complexity index is 2350. The molecule has 272 valence electrons. The first-order chi connectivity index (χ1) is 25.7. The summed E-state index contributed by atoms with van der Waals surface area (Å²) in [6.45, 7) is 2.01. The van der Waals surface area contributed by atoms with Crippen molar-refractivity contribution < 1.29 is 23.4 Å². The van der Waals surface area contributed by atoms with Gasteiger partial charge in [0.15, 0.2) is 5.82 Å². The van der Waals surface area contributed by atoms with E-state index in [4.69, 9.17) is 10.5 Å². The highest BCUT2D eigenvalue weighted by atomic mass is 32.1. The molecule has 0 bridgehead atoms. The smallest absolute Gasteiger partial charge is 0.298 e. The maximum Gasteiger partial charge on any atom is 0.298 e. The number of carbonyl (C=O) groups excluding carboxylic acids is 1. The molecule has 0 spiro atoms. The number of halogens is 2. The van der Waals surface area contributed by atoms with Crippen LogP contribution in [0.4, 0.5) is 26.0 Å². The fourth-order valence-corrected chi connectivity index (χ4v) is 8.09. The number of thiophene rings is 1. The van der Waals surface area contributed by atoms with E-state index in [1.807, 2.05) is 47.4 Å². The molecule has 1 saturated heterocycles. The number of amides is 1. The molecule has 0 aliphatic carbocycles. The predicted octanol–water partition coefficient (Wildman–Crippen LogP) is 4.21. The van der Waals surface area contributed by atoms with Gasteiger partial charge in [0.25, 0.3) is 11.5 Å². The Labute approximate surface area is 305 Å². The van der Waals surface area contributed by atoms with Gasteiger partial charge in [-0.25, -0.2) is 23.4 Å². The van der Waals surface area contributed by atoms with Crippen LogP contribution in [0.25, 0.3) is 16.0 Å². The monoisotopic (exact) mass is 739 g/mol. The number of nitrogens with two attached hydrogens (primary N) is 1. The van der Waals surface area contributed by atoms with Crippen LogP contribution in [-0.2, 0) is 12.1 Å². The first-order valence-electron chi connectivity index (χ1n) is 17.1. The van der Waals surface area contributed by atoms with Crippen molar-refractivity contribution in [1.82, 2.24) is 34.5 Å². The fourth-order valence-electron chi connectivity index (χ4n) is 7.18. The molecule has 16 heteroatoms. The van der Waals surface area contributed by atoms with Gasteiger partial charge in [-0.1, -0.05) is 24.3 Å².